The molecule has 6 nitrogen and oxygen atoms in total. The molecule has 0 saturated carbocycles. The summed E-state index contributed by atoms with van der Waals surface area (Å²) < 4.78 is 13.8. The molecule has 0 radical (unpaired) electrons. The Balaban J connectivity index is 1.33. The maximum Gasteiger partial charge on any atom is 0.323 e. The molecule has 30 heavy (non-hydrogen) atoms. The molecular formula is C22H21FN4O2S. The second-order valence-corrected chi connectivity index (χ2v) is 8.10. The van der Waals surface area contributed by atoms with Crippen LogP contribution < -0.4 is 5.32 Å². The quantitative estimate of drug-likeness (QED) is 0.684. The van der Waals surface area contributed by atoms with Crippen molar-refractivity contribution in [2.24, 2.45) is 0 Å². The van der Waals surface area contributed by atoms with E-state index in [4.69, 9.17) is 0 Å². The van der Waals surface area contributed by atoms with Gasteiger partial charge in [0.2, 0.25) is 0 Å². The molecule has 4 rings (SSSR count). The van der Waals surface area contributed by atoms with Crippen LogP contribution in [-0.4, -0.2) is 52.9 Å². The van der Waals surface area contributed by atoms with Gasteiger partial charge in [0.25, 0.3) is 5.91 Å². The lowest BCUT2D eigenvalue weighted by Gasteiger charge is -2.34. The van der Waals surface area contributed by atoms with Crippen molar-refractivity contribution in [3.05, 3.63) is 71.7 Å². The molecule has 0 aliphatic carbocycles. The van der Waals surface area contributed by atoms with Gasteiger partial charge in [-0.15, -0.1) is 0 Å². The number of anilines is 1. The molecule has 8 heteroatoms. The van der Waals surface area contributed by atoms with Gasteiger partial charge >= 0.3 is 6.03 Å². The average Bonchev–Trinajstić information content (AvgIpc) is 3.24. The van der Waals surface area contributed by atoms with Crippen LogP contribution in [0.25, 0.3) is 10.4 Å². The highest BCUT2D eigenvalue weighted by Crippen LogP contribution is 2.28. The van der Waals surface area contributed by atoms with E-state index < -0.39 is 5.82 Å². The number of urea groups is 1. The molecule has 2 heterocycles. The van der Waals surface area contributed by atoms with Crippen LogP contribution in [0.5, 0.6) is 0 Å². The molecule has 0 unspecified atom stereocenters. The molecule has 1 saturated heterocycles. The predicted octanol–water partition coefficient (Wildman–Crippen LogP) is 4.25. The molecule has 0 bridgehead atoms. The topological polar surface area (TPSA) is 65.5 Å². The number of nitrogens with one attached hydrogen (secondary N) is 1. The third-order valence-electron chi connectivity index (χ3n) is 5.05. The van der Waals surface area contributed by atoms with E-state index in [0.29, 0.717) is 42.4 Å². The summed E-state index contributed by atoms with van der Waals surface area (Å²) in [5.41, 5.74) is 1.88. The van der Waals surface area contributed by atoms with Gasteiger partial charge in [-0.3, -0.25) is 10.1 Å². The van der Waals surface area contributed by atoms with Gasteiger partial charge in [0, 0.05) is 37.9 Å². The highest BCUT2D eigenvalue weighted by molar-refractivity contribution is 7.19. The van der Waals surface area contributed by atoms with E-state index in [2.05, 4.69) is 10.3 Å². The highest BCUT2D eigenvalue weighted by atomic mass is 32.1. The number of piperazine rings is 1. The van der Waals surface area contributed by atoms with Gasteiger partial charge in [0.1, 0.15) is 5.82 Å². The van der Waals surface area contributed by atoms with Crippen molar-refractivity contribution in [2.75, 3.05) is 31.5 Å². The van der Waals surface area contributed by atoms with E-state index in [1.807, 2.05) is 30.3 Å². The van der Waals surface area contributed by atoms with E-state index in [0.717, 1.165) is 10.4 Å². The summed E-state index contributed by atoms with van der Waals surface area (Å²) in [6.45, 7) is 3.27. The maximum atomic E-state index is 13.8. The molecule has 1 aliphatic heterocycles. The van der Waals surface area contributed by atoms with Crippen LogP contribution in [-0.2, 0) is 0 Å². The van der Waals surface area contributed by atoms with E-state index >= 15 is 0 Å². The molecule has 3 aromatic rings. The largest absolute Gasteiger partial charge is 0.335 e. The minimum Gasteiger partial charge on any atom is -0.335 e. The van der Waals surface area contributed by atoms with E-state index in [1.54, 1.807) is 35.1 Å². The fraction of sp³-hybridized carbons (Fsp3) is 0.227. The van der Waals surface area contributed by atoms with Crippen LogP contribution in [0.15, 0.2) is 54.7 Å². The normalized spacial score (nSPS) is 13.9. The smallest absolute Gasteiger partial charge is 0.323 e. The number of nitrogens with zero attached hydrogens (tertiary/aromatic N) is 3. The molecular weight excluding hydrogens is 403 g/mol. The van der Waals surface area contributed by atoms with Crippen molar-refractivity contribution in [1.82, 2.24) is 14.8 Å². The van der Waals surface area contributed by atoms with Crippen molar-refractivity contribution >= 4 is 28.4 Å². The van der Waals surface area contributed by atoms with Gasteiger partial charge in [-0.25, -0.2) is 14.2 Å². The number of carbonyl (C=O) groups is 2. The molecule has 0 atom stereocenters. The highest BCUT2D eigenvalue weighted by Gasteiger charge is 2.25. The lowest BCUT2D eigenvalue weighted by atomic mass is 10.1. The van der Waals surface area contributed by atoms with Gasteiger partial charge in [-0.1, -0.05) is 47.7 Å². The summed E-state index contributed by atoms with van der Waals surface area (Å²) in [6.07, 6.45) is 1.74. The molecule has 1 aromatic heterocycles. The Bertz CT molecular complexity index is 1060. The summed E-state index contributed by atoms with van der Waals surface area (Å²) in [6, 6.07) is 14.1. The lowest BCUT2D eigenvalue weighted by molar-refractivity contribution is 0.0671. The second-order valence-electron chi connectivity index (χ2n) is 7.07. The minimum absolute atomic E-state index is 0.221. The van der Waals surface area contributed by atoms with Gasteiger partial charge in [-0.05, 0) is 30.2 Å². The molecule has 1 fully saturated rings. The number of aromatic nitrogens is 1. The van der Waals surface area contributed by atoms with Crippen molar-refractivity contribution < 1.29 is 14.0 Å². The Labute approximate surface area is 178 Å². The zero-order valence-electron chi connectivity index (χ0n) is 16.5. The zero-order valence-corrected chi connectivity index (χ0v) is 17.3. The Kier molecular flexibility index (Phi) is 5.76. The predicted molar refractivity (Wildman–Crippen MR) is 115 cm³/mol. The summed E-state index contributed by atoms with van der Waals surface area (Å²) in [4.78, 5) is 33.7. The van der Waals surface area contributed by atoms with Crippen molar-refractivity contribution in [1.29, 1.82) is 0 Å². The van der Waals surface area contributed by atoms with Crippen LogP contribution >= 0.6 is 11.3 Å². The van der Waals surface area contributed by atoms with Crippen molar-refractivity contribution in [3.63, 3.8) is 0 Å². The monoisotopic (exact) mass is 424 g/mol. The number of rotatable bonds is 3. The zero-order chi connectivity index (χ0) is 21.1. The second kappa shape index (κ2) is 8.62. The number of amides is 3. The molecule has 154 valence electrons. The van der Waals surface area contributed by atoms with Crippen molar-refractivity contribution in [3.8, 4) is 10.4 Å². The van der Waals surface area contributed by atoms with E-state index in [1.165, 1.54) is 17.4 Å². The summed E-state index contributed by atoms with van der Waals surface area (Å²) in [5.74, 6) is -0.612. The number of hydrogen-bond acceptors (Lipinski definition) is 4. The van der Waals surface area contributed by atoms with Crippen LogP contribution in [0.3, 0.4) is 0 Å². The number of halogens is 1. The van der Waals surface area contributed by atoms with E-state index in [9.17, 15) is 14.0 Å². The number of hydrogen-bond donors (Lipinski definition) is 1. The van der Waals surface area contributed by atoms with Gasteiger partial charge < -0.3 is 9.80 Å². The molecule has 2 aromatic carbocycles. The maximum absolute atomic E-state index is 13.8. The lowest BCUT2D eigenvalue weighted by Crippen LogP contribution is -2.51. The average molecular weight is 425 g/mol. The number of thiazole rings is 1. The Hall–Kier alpha value is -3.26. The van der Waals surface area contributed by atoms with Crippen molar-refractivity contribution in [2.45, 2.75) is 6.92 Å². The fourth-order valence-corrected chi connectivity index (χ4v) is 4.07. The number of carbonyl (C=O) groups excluding carboxylic acids is 2. The van der Waals surface area contributed by atoms with Gasteiger partial charge in [-0.2, -0.15) is 0 Å². The van der Waals surface area contributed by atoms with Crippen LogP contribution in [0.4, 0.5) is 14.3 Å². The fourth-order valence-electron chi connectivity index (χ4n) is 3.26. The summed E-state index contributed by atoms with van der Waals surface area (Å²) >= 11 is 1.41. The molecule has 0 spiro atoms. The van der Waals surface area contributed by atoms with E-state index in [-0.39, 0.29) is 11.9 Å². The first-order valence-electron chi connectivity index (χ1n) is 9.64. The first kappa shape index (κ1) is 20.0. The van der Waals surface area contributed by atoms with Gasteiger partial charge in [0.05, 0.1) is 4.88 Å². The van der Waals surface area contributed by atoms with Crippen LogP contribution in [0.1, 0.15) is 15.9 Å². The number of aryl methyl sites for hydroxylation is 1. The SMILES string of the molecule is Cc1ccc(C(=O)N2CCN(C(=O)Nc3ncc(-c4ccccc4)s3)CC2)cc1F. The van der Waals surface area contributed by atoms with Crippen LogP contribution in [0.2, 0.25) is 0 Å². The minimum atomic E-state index is -0.391. The Morgan fingerprint density at radius 2 is 1.73 bits per heavy atom. The first-order chi connectivity index (χ1) is 14.5. The Morgan fingerprint density at radius 1 is 1.03 bits per heavy atom. The Morgan fingerprint density at radius 3 is 2.43 bits per heavy atom. The molecule has 1 N–H and O–H groups in total. The third kappa shape index (κ3) is 4.33. The molecule has 1 aliphatic rings. The van der Waals surface area contributed by atoms with Gasteiger partial charge in [0.15, 0.2) is 5.13 Å². The third-order valence-corrected chi connectivity index (χ3v) is 6.01. The van der Waals surface area contributed by atoms with Crippen LogP contribution in [0, 0.1) is 12.7 Å². The standard InChI is InChI=1S/C22H21FN4O2S/c1-15-7-8-17(13-18(15)23)20(28)26-9-11-27(12-10-26)22(29)25-21-24-14-19(30-21)16-5-3-2-4-6-16/h2-8,13-14H,9-12H2,1H3,(H,24,25,29). The number of benzene rings is 2. The summed E-state index contributed by atoms with van der Waals surface area (Å²) in [5, 5.41) is 3.37. The summed E-state index contributed by atoms with van der Waals surface area (Å²) in [7, 11) is 0. The molecule has 3 amide bonds. The first-order valence-corrected chi connectivity index (χ1v) is 10.5.